The Kier molecular flexibility index (Phi) is 5.85. The van der Waals surface area contributed by atoms with E-state index in [1.54, 1.807) is 23.9 Å². The maximum absolute atomic E-state index is 13.3. The monoisotopic (exact) mass is 241 g/mol. The van der Waals surface area contributed by atoms with E-state index in [2.05, 4.69) is 24.6 Å². The van der Waals surface area contributed by atoms with Crippen molar-refractivity contribution in [1.29, 1.82) is 0 Å². The molecule has 0 aliphatic carbocycles. The number of thioether (sulfide) groups is 1. The van der Waals surface area contributed by atoms with Gasteiger partial charge in [-0.1, -0.05) is 13.0 Å². The second-order valence-corrected chi connectivity index (χ2v) is 4.93. The van der Waals surface area contributed by atoms with Gasteiger partial charge < -0.3 is 5.32 Å². The highest BCUT2D eigenvalue weighted by Gasteiger charge is 2.11. The normalized spacial score (nSPS) is 12.8. The van der Waals surface area contributed by atoms with Crippen LogP contribution in [0, 0.1) is 12.7 Å². The average molecular weight is 241 g/mol. The first kappa shape index (κ1) is 13.5. The molecule has 0 saturated carbocycles. The van der Waals surface area contributed by atoms with Gasteiger partial charge in [-0.25, -0.2) is 4.39 Å². The first-order chi connectivity index (χ1) is 7.67. The van der Waals surface area contributed by atoms with Crippen LogP contribution in [0.15, 0.2) is 18.2 Å². The van der Waals surface area contributed by atoms with E-state index in [-0.39, 0.29) is 11.9 Å². The summed E-state index contributed by atoms with van der Waals surface area (Å²) in [5.41, 5.74) is 2.04. The molecule has 1 aromatic carbocycles. The number of hydrogen-bond acceptors (Lipinski definition) is 2. The summed E-state index contributed by atoms with van der Waals surface area (Å²) in [5.74, 6) is 0.836. The zero-order chi connectivity index (χ0) is 12.0. The number of halogens is 1. The van der Waals surface area contributed by atoms with Crippen LogP contribution in [0.4, 0.5) is 4.39 Å². The van der Waals surface area contributed by atoms with Crippen molar-refractivity contribution in [3.63, 3.8) is 0 Å². The van der Waals surface area contributed by atoms with Crippen LogP contribution in [-0.2, 0) is 0 Å². The van der Waals surface area contributed by atoms with E-state index in [1.807, 2.05) is 6.92 Å². The first-order valence-corrected chi connectivity index (χ1v) is 7.06. The molecule has 90 valence electrons. The van der Waals surface area contributed by atoms with Crippen LogP contribution in [0.5, 0.6) is 0 Å². The van der Waals surface area contributed by atoms with Gasteiger partial charge >= 0.3 is 0 Å². The zero-order valence-corrected chi connectivity index (χ0v) is 11.0. The molecule has 3 heteroatoms. The predicted octanol–water partition coefficient (Wildman–Crippen LogP) is 3.54. The van der Waals surface area contributed by atoms with Crippen LogP contribution in [0.3, 0.4) is 0 Å². The van der Waals surface area contributed by atoms with Crippen LogP contribution in [0.25, 0.3) is 0 Å². The van der Waals surface area contributed by atoms with Gasteiger partial charge in [-0.3, -0.25) is 0 Å². The Labute approximate surface area is 102 Å². The SMILES string of the molecule is CCCNC(CSC)c1cc(C)cc(F)c1. The van der Waals surface area contributed by atoms with E-state index in [9.17, 15) is 4.39 Å². The van der Waals surface area contributed by atoms with E-state index in [0.29, 0.717) is 0 Å². The van der Waals surface area contributed by atoms with Crippen molar-refractivity contribution in [3.05, 3.63) is 35.1 Å². The molecule has 1 nitrogen and oxygen atoms in total. The minimum absolute atomic E-state index is 0.139. The lowest BCUT2D eigenvalue weighted by Gasteiger charge is -2.18. The summed E-state index contributed by atoms with van der Waals surface area (Å²) < 4.78 is 13.3. The van der Waals surface area contributed by atoms with Gasteiger partial charge in [0, 0.05) is 11.8 Å². The molecular weight excluding hydrogens is 221 g/mol. The summed E-state index contributed by atoms with van der Waals surface area (Å²) in [7, 11) is 0. The second kappa shape index (κ2) is 6.92. The molecule has 0 amide bonds. The Bertz CT molecular complexity index is 307. The summed E-state index contributed by atoms with van der Waals surface area (Å²) in [6.45, 7) is 5.04. The lowest BCUT2D eigenvalue weighted by atomic mass is 10.1. The van der Waals surface area contributed by atoms with Gasteiger partial charge in [0.15, 0.2) is 0 Å². The molecule has 0 saturated heterocycles. The molecule has 0 bridgehead atoms. The van der Waals surface area contributed by atoms with E-state index < -0.39 is 0 Å². The van der Waals surface area contributed by atoms with Crippen molar-refractivity contribution in [2.24, 2.45) is 0 Å². The van der Waals surface area contributed by atoms with Crippen molar-refractivity contribution >= 4 is 11.8 Å². The second-order valence-electron chi connectivity index (χ2n) is 4.02. The molecule has 1 N–H and O–H groups in total. The van der Waals surface area contributed by atoms with Gasteiger partial charge in [0.1, 0.15) is 5.82 Å². The van der Waals surface area contributed by atoms with E-state index in [4.69, 9.17) is 0 Å². The lowest BCUT2D eigenvalue weighted by Crippen LogP contribution is -2.24. The molecule has 0 fully saturated rings. The molecule has 0 aliphatic rings. The van der Waals surface area contributed by atoms with Gasteiger partial charge in [0.2, 0.25) is 0 Å². The zero-order valence-electron chi connectivity index (χ0n) is 10.2. The molecule has 0 heterocycles. The van der Waals surface area contributed by atoms with Gasteiger partial charge in [0.05, 0.1) is 0 Å². The van der Waals surface area contributed by atoms with Gasteiger partial charge in [-0.05, 0) is 49.4 Å². The van der Waals surface area contributed by atoms with E-state index >= 15 is 0 Å². The third-order valence-corrected chi connectivity index (χ3v) is 3.11. The Hall–Kier alpha value is -0.540. The van der Waals surface area contributed by atoms with Crippen molar-refractivity contribution in [1.82, 2.24) is 5.32 Å². The Morgan fingerprint density at radius 1 is 1.38 bits per heavy atom. The molecule has 0 aromatic heterocycles. The minimum Gasteiger partial charge on any atom is -0.309 e. The van der Waals surface area contributed by atoms with Crippen LogP contribution in [0.2, 0.25) is 0 Å². The minimum atomic E-state index is -0.139. The molecule has 1 aromatic rings. The molecule has 0 radical (unpaired) electrons. The lowest BCUT2D eigenvalue weighted by molar-refractivity contribution is 0.567. The predicted molar refractivity (Wildman–Crippen MR) is 70.6 cm³/mol. The number of rotatable bonds is 6. The fourth-order valence-electron chi connectivity index (χ4n) is 1.72. The molecule has 0 aliphatic heterocycles. The summed E-state index contributed by atoms with van der Waals surface area (Å²) in [6.07, 6.45) is 3.17. The number of hydrogen-bond donors (Lipinski definition) is 1. The van der Waals surface area contributed by atoms with Crippen LogP contribution in [-0.4, -0.2) is 18.6 Å². The highest BCUT2D eigenvalue weighted by molar-refractivity contribution is 7.98. The number of benzene rings is 1. The third kappa shape index (κ3) is 4.14. The molecule has 0 spiro atoms. The highest BCUT2D eigenvalue weighted by Crippen LogP contribution is 2.19. The first-order valence-electron chi connectivity index (χ1n) is 5.66. The smallest absolute Gasteiger partial charge is 0.123 e. The number of nitrogens with one attached hydrogen (secondary N) is 1. The highest BCUT2D eigenvalue weighted by atomic mass is 32.2. The molecular formula is C13H20FNS. The summed E-state index contributed by atoms with van der Waals surface area (Å²) in [6, 6.07) is 5.52. The van der Waals surface area contributed by atoms with Crippen LogP contribution in [0.1, 0.15) is 30.5 Å². The van der Waals surface area contributed by atoms with Gasteiger partial charge in [-0.2, -0.15) is 11.8 Å². The Morgan fingerprint density at radius 2 is 2.12 bits per heavy atom. The quantitative estimate of drug-likeness (QED) is 0.817. The Balaban J connectivity index is 2.82. The topological polar surface area (TPSA) is 12.0 Å². The maximum atomic E-state index is 13.3. The molecule has 1 unspecified atom stereocenters. The largest absolute Gasteiger partial charge is 0.309 e. The summed E-state index contributed by atoms with van der Waals surface area (Å²) in [4.78, 5) is 0. The van der Waals surface area contributed by atoms with Crippen LogP contribution < -0.4 is 5.32 Å². The van der Waals surface area contributed by atoms with Crippen molar-refractivity contribution in [2.75, 3.05) is 18.6 Å². The molecule has 1 rings (SSSR count). The van der Waals surface area contributed by atoms with Crippen molar-refractivity contribution < 1.29 is 4.39 Å². The van der Waals surface area contributed by atoms with E-state index in [0.717, 1.165) is 29.8 Å². The average Bonchev–Trinajstić information content (AvgIpc) is 2.22. The summed E-state index contributed by atoms with van der Waals surface area (Å²) in [5, 5.41) is 3.45. The summed E-state index contributed by atoms with van der Waals surface area (Å²) >= 11 is 1.78. The van der Waals surface area contributed by atoms with Gasteiger partial charge in [-0.15, -0.1) is 0 Å². The fourth-order valence-corrected chi connectivity index (χ4v) is 2.37. The van der Waals surface area contributed by atoms with Crippen LogP contribution >= 0.6 is 11.8 Å². The number of aryl methyl sites for hydroxylation is 1. The third-order valence-electron chi connectivity index (χ3n) is 2.44. The molecule has 1 atom stereocenters. The van der Waals surface area contributed by atoms with E-state index in [1.165, 1.54) is 0 Å². The van der Waals surface area contributed by atoms with Crippen molar-refractivity contribution in [2.45, 2.75) is 26.3 Å². The van der Waals surface area contributed by atoms with Crippen molar-refractivity contribution in [3.8, 4) is 0 Å². The standard InChI is InChI=1S/C13H20FNS/c1-4-5-15-13(9-16-3)11-6-10(2)7-12(14)8-11/h6-8,13,15H,4-5,9H2,1-3H3. The maximum Gasteiger partial charge on any atom is 0.123 e. The Morgan fingerprint density at radius 3 is 2.69 bits per heavy atom. The molecule has 16 heavy (non-hydrogen) atoms. The van der Waals surface area contributed by atoms with Gasteiger partial charge in [0.25, 0.3) is 0 Å². The fraction of sp³-hybridized carbons (Fsp3) is 0.538.